The van der Waals surface area contributed by atoms with E-state index in [0.29, 0.717) is 11.4 Å². The molecule has 2 aromatic carbocycles. The third-order valence-electron chi connectivity index (χ3n) is 3.33. The van der Waals surface area contributed by atoms with Gasteiger partial charge >= 0.3 is 5.97 Å². The largest absolute Gasteiger partial charge is 0.497 e. The van der Waals surface area contributed by atoms with Crippen molar-refractivity contribution in [3.63, 3.8) is 0 Å². The zero-order chi connectivity index (χ0) is 18.1. The summed E-state index contributed by atoms with van der Waals surface area (Å²) in [7, 11) is 1.55. The minimum atomic E-state index is -0.405. The molecule has 0 aliphatic rings. The van der Waals surface area contributed by atoms with E-state index in [-0.39, 0.29) is 18.3 Å². The Kier molecular flexibility index (Phi) is 7.35. The van der Waals surface area contributed by atoms with Crippen LogP contribution in [0, 0.1) is 6.92 Å². The Balaban J connectivity index is 1.66. The van der Waals surface area contributed by atoms with Crippen LogP contribution in [-0.2, 0) is 20.1 Å². The molecule has 0 aromatic heterocycles. The van der Waals surface area contributed by atoms with Gasteiger partial charge in [0.1, 0.15) is 5.75 Å². The van der Waals surface area contributed by atoms with Crippen LogP contribution in [0.25, 0.3) is 0 Å². The summed E-state index contributed by atoms with van der Waals surface area (Å²) in [5.74, 6) is 0.788. The molecule has 5 nitrogen and oxygen atoms in total. The molecule has 0 saturated heterocycles. The first-order chi connectivity index (χ1) is 12.1. The molecule has 0 spiro atoms. The number of methoxy groups -OCH3 is 1. The molecule has 0 unspecified atom stereocenters. The Bertz CT molecular complexity index is 716. The first-order valence-corrected chi connectivity index (χ1v) is 8.95. The van der Waals surface area contributed by atoms with Gasteiger partial charge in [-0.25, -0.2) is 0 Å². The number of carbonyl (C=O) groups excluding carboxylic acids is 2. The molecule has 1 amide bonds. The number of aryl methyl sites for hydroxylation is 1. The summed E-state index contributed by atoms with van der Waals surface area (Å²) in [5, 5.41) is 2.66. The molecular weight excluding hydrogens is 338 g/mol. The molecule has 0 saturated carbocycles. The fourth-order valence-corrected chi connectivity index (χ4v) is 2.80. The van der Waals surface area contributed by atoms with Gasteiger partial charge in [0.25, 0.3) is 5.91 Å². The van der Waals surface area contributed by atoms with Crippen molar-refractivity contribution >= 4 is 29.3 Å². The Hall–Kier alpha value is -2.47. The van der Waals surface area contributed by atoms with Gasteiger partial charge in [0, 0.05) is 17.5 Å². The van der Waals surface area contributed by atoms with Crippen molar-refractivity contribution in [2.24, 2.45) is 0 Å². The summed E-state index contributed by atoms with van der Waals surface area (Å²) < 4.78 is 10.1. The topological polar surface area (TPSA) is 64.6 Å². The van der Waals surface area contributed by atoms with E-state index in [4.69, 9.17) is 9.47 Å². The van der Waals surface area contributed by atoms with Gasteiger partial charge in [-0.15, -0.1) is 11.8 Å². The normalized spacial score (nSPS) is 10.2. The summed E-state index contributed by atoms with van der Waals surface area (Å²) in [6.45, 7) is 1.73. The number of nitrogens with one attached hydrogen (secondary N) is 1. The number of thioether (sulfide) groups is 1. The van der Waals surface area contributed by atoms with Crippen LogP contribution >= 0.6 is 11.8 Å². The molecule has 0 heterocycles. The highest BCUT2D eigenvalue weighted by atomic mass is 32.2. The van der Waals surface area contributed by atoms with Gasteiger partial charge in [-0.1, -0.05) is 35.9 Å². The van der Waals surface area contributed by atoms with E-state index in [1.807, 2.05) is 31.2 Å². The zero-order valence-corrected chi connectivity index (χ0v) is 15.1. The highest BCUT2D eigenvalue weighted by Crippen LogP contribution is 2.16. The van der Waals surface area contributed by atoms with Gasteiger partial charge in [0.05, 0.1) is 12.9 Å². The molecule has 132 valence electrons. The van der Waals surface area contributed by atoms with Crippen molar-refractivity contribution in [2.45, 2.75) is 12.7 Å². The van der Waals surface area contributed by atoms with Gasteiger partial charge < -0.3 is 14.8 Å². The highest BCUT2D eigenvalue weighted by Gasteiger charge is 2.08. The molecule has 6 heteroatoms. The average molecular weight is 359 g/mol. The van der Waals surface area contributed by atoms with Gasteiger partial charge in [-0.3, -0.25) is 9.59 Å². The van der Waals surface area contributed by atoms with Crippen molar-refractivity contribution < 1.29 is 19.1 Å². The first kappa shape index (κ1) is 18.9. The lowest BCUT2D eigenvalue weighted by Gasteiger charge is -2.08. The van der Waals surface area contributed by atoms with Gasteiger partial charge in [0.15, 0.2) is 6.61 Å². The number of ether oxygens (including phenoxy) is 2. The highest BCUT2D eigenvalue weighted by molar-refractivity contribution is 7.99. The molecule has 1 N–H and O–H groups in total. The van der Waals surface area contributed by atoms with Crippen LogP contribution in [0.2, 0.25) is 0 Å². The van der Waals surface area contributed by atoms with Crippen LogP contribution in [0.5, 0.6) is 5.75 Å². The van der Waals surface area contributed by atoms with Crippen molar-refractivity contribution in [3.05, 3.63) is 59.7 Å². The minimum absolute atomic E-state index is 0.209. The summed E-state index contributed by atoms with van der Waals surface area (Å²) in [6, 6.07) is 15.1. The number of anilines is 1. The number of hydrogen-bond acceptors (Lipinski definition) is 5. The summed E-state index contributed by atoms with van der Waals surface area (Å²) in [6.07, 6.45) is 0. The van der Waals surface area contributed by atoms with Crippen LogP contribution in [0.3, 0.4) is 0 Å². The van der Waals surface area contributed by atoms with E-state index in [2.05, 4.69) is 5.32 Å². The molecule has 0 atom stereocenters. The molecule has 0 radical (unpaired) electrons. The Morgan fingerprint density at radius 2 is 1.88 bits per heavy atom. The van der Waals surface area contributed by atoms with Gasteiger partial charge in [0.2, 0.25) is 0 Å². The van der Waals surface area contributed by atoms with Crippen LogP contribution in [-0.4, -0.2) is 31.3 Å². The zero-order valence-electron chi connectivity index (χ0n) is 14.3. The first-order valence-electron chi connectivity index (χ1n) is 7.79. The standard InChI is InChI=1S/C19H21NO4S/c1-14-6-8-15(9-7-14)12-25-13-19(22)24-11-18(21)20-16-4-3-5-17(10-16)23-2/h3-10H,11-13H2,1-2H3,(H,20,21). The third kappa shape index (κ3) is 6.89. The molecule has 0 bridgehead atoms. The number of carbonyl (C=O) groups is 2. The second-order valence-electron chi connectivity index (χ2n) is 5.42. The second-order valence-corrected chi connectivity index (χ2v) is 6.40. The van der Waals surface area contributed by atoms with E-state index < -0.39 is 5.97 Å². The molecule has 0 fully saturated rings. The van der Waals surface area contributed by atoms with Gasteiger partial charge in [-0.2, -0.15) is 0 Å². The fraction of sp³-hybridized carbons (Fsp3) is 0.263. The van der Waals surface area contributed by atoms with Crippen LogP contribution in [0.15, 0.2) is 48.5 Å². The molecule has 0 aliphatic carbocycles. The lowest BCUT2D eigenvalue weighted by Crippen LogP contribution is -2.21. The third-order valence-corrected chi connectivity index (χ3v) is 4.30. The lowest BCUT2D eigenvalue weighted by atomic mass is 10.2. The molecule has 2 rings (SSSR count). The number of amides is 1. The van der Waals surface area contributed by atoms with E-state index in [1.165, 1.54) is 17.3 Å². The maximum absolute atomic E-state index is 11.8. The van der Waals surface area contributed by atoms with E-state index in [0.717, 1.165) is 11.3 Å². The van der Waals surface area contributed by atoms with Gasteiger partial charge in [-0.05, 0) is 24.6 Å². The van der Waals surface area contributed by atoms with E-state index in [9.17, 15) is 9.59 Å². The monoisotopic (exact) mass is 359 g/mol. The number of hydrogen-bond donors (Lipinski definition) is 1. The maximum Gasteiger partial charge on any atom is 0.316 e. The van der Waals surface area contributed by atoms with Crippen molar-refractivity contribution in [1.82, 2.24) is 0 Å². The molecule has 25 heavy (non-hydrogen) atoms. The molecular formula is C19H21NO4S. The Morgan fingerprint density at radius 1 is 1.12 bits per heavy atom. The maximum atomic E-state index is 11.8. The summed E-state index contributed by atoms with van der Waals surface area (Å²) in [5.41, 5.74) is 2.95. The van der Waals surface area contributed by atoms with Crippen molar-refractivity contribution in [3.8, 4) is 5.75 Å². The summed E-state index contributed by atoms with van der Waals surface area (Å²) in [4.78, 5) is 23.5. The molecule has 2 aromatic rings. The lowest BCUT2D eigenvalue weighted by molar-refractivity contribution is -0.144. The van der Waals surface area contributed by atoms with Crippen LogP contribution in [0.1, 0.15) is 11.1 Å². The number of rotatable bonds is 8. The average Bonchev–Trinajstić information content (AvgIpc) is 2.62. The summed E-state index contributed by atoms with van der Waals surface area (Å²) >= 11 is 1.46. The van der Waals surface area contributed by atoms with E-state index >= 15 is 0 Å². The smallest absolute Gasteiger partial charge is 0.316 e. The fourth-order valence-electron chi connectivity index (χ4n) is 2.02. The van der Waals surface area contributed by atoms with E-state index in [1.54, 1.807) is 31.4 Å². The van der Waals surface area contributed by atoms with Crippen LogP contribution in [0.4, 0.5) is 5.69 Å². The number of esters is 1. The quantitative estimate of drug-likeness (QED) is 0.732. The van der Waals surface area contributed by atoms with Crippen molar-refractivity contribution in [2.75, 3.05) is 24.8 Å². The SMILES string of the molecule is COc1cccc(NC(=O)COC(=O)CSCc2ccc(C)cc2)c1. The predicted molar refractivity (Wildman–Crippen MR) is 99.9 cm³/mol. The van der Waals surface area contributed by atoms with Crippen LogP contribution < -0.4 is 10.1 Å². The Morgan fingerprint density at radius 3 is 2.60 bits per heavy atom. The second kappa shape index (κ2) is 9.74. The molecule has 0 aliphatic heterocycles. The predicted octanol–water partition coefficient (Wildman–Crippen LogP) is 3.42. The number of benzene rings is 2. The minimum Gasteiger partial charge on any atom is -0.497 e. The Labute approximate surface area is 151 Å². The van der Waals surface area contributed by atoms with Crippen molar-refractivity contribution in [1.29, 1.82) is 0 Å².